The average molecular weight is 236 g/mol. The summed E-state index contributed by atoms with van der Waals surface area (Å²) in [5, 5.41) is 5.26. The van der Waals surface area contributed by atoms with Crippen LogP contribution in [0.4, 0.5) is 0 Å². The normalized spacial score (nSPS) is 21.9. The number of furan rings is 1. The van der Waals surface area contributed by atoms with E-state index < -0.39 is 0 Å². The van der Waals surface area contributed by atoms with E-state index in [1.165, 1.54) is 0 Å². The molecule has 0 radical (unpaired) electrons. The summed E-state index contributed by atoms with van der Waals surface area (Å²) in [4.78, 5) is 22.8. The van der Waals surface area contributed by atoms with Crippen molar-refractivity contribution in [3.05, 3.63) is 24.2 Å². The SMILES string of the molecule is CCNC(=O)CNC(=O)C1CC1c1ccco1. The van der Waals surface area contributed by atoms with E-state index >= 15 is 0 Å². The fourth-order valence-corrected chi connectivity index (χ4v) is 1.86. The van der Waals surface area contributed by atoms with E-state index in [1.807, 2.05) is 19.1 Å². The van der Waals surface area contributed by atoms with Gasteiger partial charge in [-0.05, 0) is 25.5 Å². The zero-order chi connectivity index (χ0) is 12.3. The third-order valence-corrected chi connectivity index (χ3v) is 2.83. The van der Waals surface area contributed by atoms with Crippen LogP contribution in [0.25, 0.3) is 0 Å². The molecule has 0 spiro atoms. The lowest BCUT2D eigenvalue weighted by Crippen LogP contribution is -2.37. The van der Waals surface area contributed by atoms with Crippen LogP contribution in [0.1, 0.15) is 25.0 Å². The maximum atomic E-state index is 11.7. The Bertz CT molecular complexity index is 400. The highest BCUT2D eigenvalue weighted by molar-refractivity contribution is 5.87. The highest BCUT2D eigenvalue weighted by Gasteiger charge is 2.45. The minimum Gasteiger partial charge on any atom is -0.469 e. The first-order chi connectivity index (χ1) is 8.22. The molecule has 2 amide bonds. The molecule has 2 unspecified atom stereocenters. The minimum absolute atomic E-state index is 0.0458. The molecule has 2 N–H and O–H groups in total. The standard InChI is InChI=1S/C12H16N2O3/c1-2-13-11(15)7-14-12(16)9-6-8(9)10-4-3-5-17-10/h3-5,8-9H,2,6-7H2,1H3,(H,13,15)(H,14,16). The Balaban J connectivity index is 1.74. The van der Waals surface area contributed by atoms with Crippen LogP contribution in [-0.4, -0.2) is 24.9 Å². The largest absolute Gasteiger partial charge is 0.469 e. The number of rotatable bonds is 5. The van der Waals surface area contributed by atoms with E-state index in [2.05, 4.69) is 10.6 Å². The van der Waals surface area contributed by atoms with Crippen molar-refractivity contribution < 1.29 is 14.0 Å². The zero-order valence-electron chi connectivity index (χ0n) is 9.73. The molecule has 1 aliphatic carbocycles. The van der Waals surface area contributed by atoms with Crippen LogP contribution in [0.15, 0.2) is 22.8 Å². The van der Waals surface area contributed by atoms with Gasteiger partial charge in [0.1, 0.15) is 5.76 Å². The summed E-state index contributed by atoms with van der Waals surface area (Å²) in [6, 6.07) is 3.69. The third kappa shape index (κ3) is 2.87. The number of nitrogens with one attached hydrogen (secondary N) is 2. The first-order valence-corrected chi connectivity index (χ1v) is 5.80. The molecular formula is C12H16N2O3. The van der Waals surface area contributed by atoms with Crippen LogP contribution in [0.2, 0.25) is 0 Å². The summed E-state index contributed by atoms with van der Waals surface area (Å²) in [5.41, 5.74) is 0. The van der Waals surface area contributed by atoms with Gasteiger partial charge in [0.25, 0.3) is 0 Å². The second-order valence-corrected chi connectivity index (χ2v) is 4.14. The number of hydrogen-bond acceptors (Lipinski definition) is 3. The van der Waals surface area contributed by atoms with Gasteiger partial charge < -0.3 is 15.1 Å². The quantitative estimate of drug-likeness (QED) is 0.788. The number of likely N-dealkylation sites (N-methyl/N-ethyl adjacent to an activating group) is 1. The van der Waals surface area contributed by atoms with Gasteiger partial charge in [0.15, 0.2) is 0 Å². The molecule has 0 aromatic carbocycles. The van der Waals surface area contributed by atoms with Crippen LogP contribution >= 0.6 is 0 Å². The maximum Gasteiger partial charge on any atom is 0.239 e. The Morgan fingerprint density at radius 3 is 2.94 bits per heavy atom. The molecular weight excluding hydrogens is 220 g/mol. The molecule has 1 aromatic heterocycles. The number of amides is 2. The van der Waals surface area contributed by atoms with Gasteiger partial charge in [0.2, 0.25) is 11.8 Å². The predicted molar refractivity (Wildman–Crippen MR) is 61.2 cm³/mol. The highest BCUT2D eigenvalue weighted by Crippen LogP contribution is 2.47. The molecule has 0 bridgehead atoms. The molecule has 5 heteroatoms. The van der Waals surface area contributed by atoms with Gasteiger partial charge in [-0.2, -0.15) is 0 Å². The van der Waals surface area contributed by atoms with Crippen LogP contribution in [0.3, 0.4) is 0 Å². The molecule has 5 nitrogen and oxygen atoms in total. The van der Waals surface area contributed by atoms with Gasteiger partial charge in [-0.1, -0.05) is 0 Å². The second-order valence-electron chi connectivity index (χ2n) is 4.14. The minimum atomic E-state index is -0.156. The summed E-state index contributed by atoms with van der Waals surface area (Å²) < 4.78 is 5.24. The van der Waals surface area contributed by atoms with Crippen molar-refractivity contribution in [1.82, 2.24) is 10.6 Å². The van der Waals surface area contributed by atoms with E-state index in [1.54, 1.807) is 6.26 Å². The van der Waals surface area contributed by atoms with Gasteiger partial charge in [-0.3, -0.25) is 9.59 Å². The molecule has 1 fully saturated rings. The summed E-state index contributed by atoms with van der Waals surface area (Å²) in [6.45, 7) is 2.47. The van der Waals surface area contributed by atoms with Crippen molar-refractivity contribution in [2.24, 2.45) is 5.92 Å². The number of carbonyl (C=O) groups excluding carboxylic acids is 2. The van der Waals surface area contributed by atoms with E-state index in [4.69, 9.17) is 4.42 Å². The fraction of sp³-hybridized carbons (Fsp3) is 0.500. The van der Waals surface area contributed by atoms with Crippen molar-refractivity contribution in [3.8, 4) is 0 Å². The van der Waals surface area contributed by atoms with Gasteiger partial charge in [0, 0.05) is 18.4 Å². The monoisotopic (exact) mass is 236 g/mol. The Hall–Kier alpha value is -1.78. The van der Waals surface area contributed by atoms with Crippen LogP contribution in [0.5, 0.6) is 0 Å². The van der Waals surface area contributed by atoms with Gasteiger partial charge in [-0.25, -0.2) is 0 Å². The van der Waals surface area contributed by atoms with E-state index in [9.17, 15) is 9.59 Å². The second kappa shape index (κ2) is 5.03. The average Bonchev–Trinajstić information content (AvgIpc) is 2.93. The summed E-state index contributed by atoms with van der Waals surface area (Å²) >= 11 is 0. The first-order valence-electron chi connectivity index (χ1n) is 5.80. The van der Waals surface area contributed by atoms with E-state index in [0.717, 1.165) is 12.2 Å². The van der Waals surface area contributed by atoms with Crippen molar-refractivity contribution >= 4 is 11.8 Å². The lowest BCUT2D eigenvalue weighted by molar-refractivity contribution is -0.126. The molecule has 17 heavy (non-hydrogen) atoms. The molecule has 1 aromatic rings. The van der Waals surface area contributed by atoms with Crippen LogP contribution in [0, 0.1) is 5.92 Å². The van der Waals surface area contributed by atoms with E-state index in [-0.39, 0.29) is 30.2 Å². The van der Waals surface area contributed by atoms with Crippen LogP contribution in [-0.2, 0) is 9.59 Å². The summed E-state index contributed by atoms with van der Waals surface area (Å²) in [7, 11) is 0. The highest BCUT2D eigenvalue weighted by atomic mass is 16.3. The molecule has 1 saturated carbocycles. The molecule has 2 rings (SSSR count). The lowest BCUT2D eigenvalue weighted by Gasteiger charge is -2.04. The smallest absolute Gasteiger partial charge is 0.239 e. The maximum absolute atomic E-state index is 11.7. The molecule has 1 heterocycles. The molecule has 0 saturated heterocycles. The first kappa shape index (κ1) is 11.7. The molecule has 92 valence electrons. The lowest BCUT2D eigenvalue weighted by atomic mass is 10.2. The third-order valence-electron chi connectivity index (χ3n) is 2.83. The van der Waals surface area contributed by atoms with Crippen molar-refractivity contribution in [1.29, 1.82) is 0 Å². The fourth-order valence-electron chi connectivity index (χ4n) is 1.86. The van der Waals surface area contributed by atoms with Crippen molar-refractivity contribution in [2.45, 2.75) is 19.3 Å². The Kier molecular flexibility index (Phi) is 3.46. The number of hydrogen-bond donors (Lipinski definition) is 2. The Morgan fingerprint density at radius 1 is 1.47 bits per heavy atom. The zero-order valence-corrected chi connectivity index (χ0v) is 9.73. The van der Waals surface area contributed by atoms with Gasteiger partial charge in [0.05, 0.1) is 12.8 Å². The number of carbonyl (C=O) groups is 2. The molecule has 2 atom stereocenters. The predicted octanol–water partition coefficient (Wildman–Crippen LogP) is 0.635. The summed E-state index contributed by atoms with van der Waals surface area (Å²) in [5.74, 6) is 0.756. The van der Waals surface area contributed by atoms with Crippen LogP contribution < -0.4 is 10.6 Å². The molecule has 1 aliphatic rings. The van der Waals surface area contributed by atoms with Crippen molar-refractivity contribution in [3.63, 3.8) is 0 Å². The molecule has 0 aliphatic heterocycles. The topological polar surface area (TPSA) is 71.3 Å². The Labute approximate surface area is 99.6 Å². The van der Waals surface area contributed by atoms with E-state index in [0.29, 0.717) is 6.54 Å². The Morgan fingerprint density at radius 2 is 2.29 bits per heavy atom. The van der Waals surface area contributed by atoms with Gasteiger partial charge >= 0.3 is 0 Å². The van der Waals surface area contributed by atoms with Gasteiger partial charge in [-0.15, -0.1) is 0 Å². The van der Waals surface area contributed by atoms with Crippen molar-refractivity contribution in [2.75, 3.05) is 13.1 Å². The summed E-state index contributed by atoms with van der Waals surface area (Å²) in [6.07, 6.45) is 2.41.